The zero-order valence-corrected chi connectivity index (χ0v) is 18.3. The van der Waals surface area contributed by atoms with Gasteiger partial charge < -0.3 is 14.6 Å². The number of nitrogens with one attached hydrogen (secondary N) is 1. The van der Waals surface area contributed by atoms with Gasteiger partial charge in [-0.15, -0.1) is 0 Å². The molecule has 1 fully saturated rings. The van der Waals surface area contributed by atoms with E-state index in [-0.39, 0.29) is 12.3 Å². The fraction of sp³-hybridized carbons (Fsp3) is 0.231. The molecule has 4 aromatic rings. The van der Waals surface area contributed by atoms with E-state index in [4.69, 9.17) is 9.26 Å². The van der Waals surface area contributed by atoms with Crippen molar-refractivity contribution in [1.82, 2.24) is 15.1 Å². The van der Waals surface area contributed by atoms with Gasteiger partial charge in [0.15, 0.2) is 5.82 Å². The minimum atomic E-state index is -0.121. The smallest absolute Gasteiger partial charge is 0.260 e. The summed E-state index contributed by atoms with van der Waals surface area (Å²) in [6.45, 7) is 2.39. The van der Waals surface area contributed by atoms with Gasteiger partial charge in [0, 0.05) is 12.1 Å². The number of hydrogen-bond acceptors (Lipinski definition) is 6. The number of pyridine rings is 1. The van der Waals surface area contributed by atoms with E-state index in [2.05, 4.69) is 20.4 Å². The molecule has 0 atom stereocenters. The lowest BCUT2D eigenvalue weighted by Gasteiger charge is -2.10. The average molecular weight is 441 g/mol. The zero-order chi connectivity index (χ0) is 22.6. The predicted octanol–water partition coefficient (Wildman–Crippen LogP) is 5.08. The average Bonchev–Trinajstić information content (AvgIpc) is 3.57. The van der Waals surface area contributed by atoms with Gasteiger partial charge in [-0.1, -0.05) is 35.0 Å². The van der Waals surface area contributed by atoms with E-state index >= 15 is 0 Å². The number of nitrogens with zero attached hydrogens (tertiary/aromatic N) is 3. The van der Waals surface area contributed by atoms with Crippen LogP contribution in [-0.4, -0.2) is 21.0 Å². The van der Waals surface area contributed by atoms with Crippen LogP contribution in [0.15, 0.2) is 71.4 Å². The number of anilines is 1. The molecule has 5 rings (SSSR count). The second kappa shape index (κ2) is 9.24. The Labute approximate surface area is 191 Å². The summed E-state index contributed by atoms with van der Waals surface area (Å²) in [5.41, 5.74) is 4.20. The molecule has 7 heteroatoms. The SMILES string of the molecule is Cc1ccc(NC(=O)Cc2ccc(OCc3ccccn3)cc2)c(-c2nc(C3CC3)no2)c1. The van der Waals surface area contributed by atoms with E-state index < -0.39 is 0 Å². The molecular formula is C26H24N4O3. The van der Waals surface area contributed by atoms with Crippen LogP contribution >= 0.6 is 0 Å². The van der Waals surface area contributed by atoms with E-state index in [1.165, 1.54) is 0 Å². The largest absolute Gasteiger partial charge is 0.487 e. The zero-order valence-electron chi connectivity index (χ0n) is 18.3. The lowest BCUT2D eigenvalue weighted by atomic mass is 10.1. The molecule has 166 valence electrons. The van der Waals surface area contributed by atoms with Gasteiger partial charge in [0.05, 0.1) is 23.4 Å². The van der Waals surface area contributed by atoms with Crippen LogP contribution in [0.25, 0.3) is 11.5 Å². The fourth-order valence-corrected chi connectivity index (χ4v) is 3.52. The molecule has 0 aliphatic heterocycles. The first-order valence-corrected chi connectivity index (χ1v) is 11.0. The molecule has 0 saturated heterocycles. The molecule has 1 aliphatic rings. The van der Waals surface area contributed by atoms with Crippen LogP contribution in [0, 0.1) is 6.92 Å². The Bertz CT molecular complexity index is 1250. The Morgan fingerprint density at radius 2 is 1.97 bits per heavy atom. The summed E-state index contributed by atoms with van der Waals surface area (Å²) in [5.74, 6) is 2.19. The van der Waals surface area contributed by atoms with Gasteiger partial charge >= 0.3 is 0 Å². The number of rotatable bonds is 8. The van der Waals surface area contributed by atoms with Crippen molar-refractivity contribution in [2.45, 2.75) is 38.7 Å². The molecule has 0 unspecified atom stereocenters. The van der Waals surface area contributed by atoms with Crippen molar-refractivity contribution in [2.24, 2.45) is 0 Å². The molecule has 7 nitrogen and oxygen atoms in total. The summed E-state index contributed by atoms with van der Waals surface area (Å²) >= 11 is 0. The number of aryl methyl sites for hydroxylation is 1. The fourth-order valence-electron chi connectivity index (χ4n) is 3.52. The standard InChI is InChI=1S/C26H24N4O3/c1-17-5-12-23(22(14-17)26-29-25(30-33-26)19-8-9-19)28-24(31)15-18-6-10-21(11-7-18)32-16-20-4-2-3-13-27-20/h2-7,10-14,19H,8-9,15-16H2,1H3,(H,28,31). The van der Waals surface area contributed by atoms with Gasteiger partial charge in [-0.2, -0.15) is 4.98 Å². The molecule has 0 spiro atoms. The van der Waals surface area contributed by atoms with E-state index in [1.807, 2.05) is 67.6 Å². The Morgan fingerprint density at radius 1 is 1.12 bits per heavy atom. The van der Waals surface area contributed by atoms with Gasteiger partial charge in [0.1, 0.15) is 12.4 Å². The minimum absolute atomic E-state index is 0.121. The Balaban J connectivity index is 1.22. The van der Waals surface area contributed by atoms with Gasteiger partial charge in [-0.3, -0.25) is 9.78 Å². The summed E-state index contributed by atoms with van der Waals surface area (Å²) < 4.78 is 11.2. The number of carbonyl (C=O) groups is 1. The molecule has 2 heterocycles. The second-order valence-corrected chi connectivity index (χ2v) is 8.26. The van der Waals surface area contributed by atoms with Crippen LogP contribution in [0.1, 0.15) is 41.4 Å². The maximum atomic E-state index is 12.8. The first-order chi connectivity index (χ1) is 16.1. The van der Waals surface area contributed by atoms with Gasteiger partial charge in [-0.25, -0.2) is 0 Å². The van der Waals surface area contributed by atoms with Crippen molar-refractivity contribution in [3.8, 4) is 17.2 Å². The molecule has 1 N–H and O–H groups in total. The highest BCUT2D eigenvalue weighted by Gasteiger charge is 2.29. The van der Waals surface area contributed by atoms with Crippen LogP contribution in [-0.2, 0) is 17.8 Å². The van der Waals surface area contributed by atoms with Crippen molar-refractivity contribution in [3.05, 3.63) is 89.5 Å². The number of ether oxygens (including phenoxy) is 1. The van der Waals surface area contributed by atoms with Crippen LogP contribution in [0.5, 0.6) is 5.75 Å². The van der Waals surface area contributed by atoms with E-state index in [1.54, 1.807) is 6.20 Å². The van der Waals surface area contributed by atoms with Crippen LogP contribution in [0.3, 0.4) is 0 Å². The number of hydrogen-bond donors (Lipinski definition) is 1. The van der Waals surface area contributed by atoms with Crippen LogP contribution in [0.2, 0.25) is 0 Å². The summed E-state index contributed by atoms with van der Waals surface area (Å²) in [4.78, 5) is 21.5. The number of amides is 1. The van der Waals surface area contributed by atoms with E-state index in [0.717, 1.165) is 46.8 Å². The third-order valence-electron chi connectivity index (χ3n) is 5.46. The Kier molecular flexibility index (Phi) is 5.85. The Hall–Kier alpha value is -4.00. The lowest BCUT2D eigenvalue weighted by Crippen LogP contribution is -2.15. The molecule has 33 heavy (non-hydrogen) atoms. The first-order valence-electron chi connectivity index (χ1n) is 11.0. The minimum Gasteiger partial charge on any atom is -0.487 e. The first kappa shape index (κ1) is 20.9. The van der Waals surface area contributed by atoms with E-state index in [9.17, 15) is 4.79 Å². The molecule has 1 amide bonds. The quantitative estimate of drug-likeness (QED) is 0.411. The van der Waals surface area contributed by atoms with Crippen molar-refractivity contribution < 1.29 is 14.1 Å². The van der Waals surface area contributed by atoms with Gasteiger partial charge in [0.2, 0.25) is 5.91 Å². The van der Waals surface area contributed by atoms with Crippen molar-refractivity contribution in [3.63, 3.8) is 0 Å². The highest BCUT2D eigenvalue weighted by molar-refractivity contribution is 5.95. The molecule has 2 aromatic carbocycles. The molecule has 2 aromatic heterocycles. The summed E-state index contributed by atoms with van der Waals surface area (Å²) in [6, 6.07) is 19.0. The number of benzene rings is 2. The van der Waals surface area contributed by atoms with Gasteiger partial charge in [-0.05, 0) is 61.7 Å². The van der Waals surface area contributed by atoms with Crippen molar-refractivity contribution in [2.75, 3.05) is 5.32 Å². The Morgan fingerprint density at radius 3 is 2.73 bits per heavy atom. The van der Waals surface area contributed by atoms with Gasteiger partial charge in [0.25, 0.3) is 5.89 Å². The summed E-state index contributed by atoms with van der Waals surface area (Å²) in [5, 5.41) is 7.09. The normalized spacial score (nSPS) is 13.0. The number of aromatic nitrogens is 3. The van der Waals surface area contributed by atoms with Crippen LogP contribution < -0.4 is 10.1 Å². The third kappa shape index (κ3) is 5.26. The van der Waals surface area contributed by atoms with Crippen LogP contribution in [0.4, 0.5) is 5.69 Å². The monoisotopic (exact) mass is 440 g/mol. The topological polar surface area (TPSA) is 90.1 Å². The van der Waals surface area contributed by atoms with Crippen molar-refractivity contribution >= 4 is 11.6 Å². The summed E-state index contributed by atoms with van der Waals surface area (Å²) in [6.07, 6.45) is 4.18. The molecule has 1 aliphatic carbocycles. The van der Waals surface area contributed by atoms with E-state index in [0.29, 0.717) is 24.1 Å². The number of carbonyl (C=O) groups excluding carboxylic acids is 1. The third-order valence-corrected chi connectivity index (χ3v) is 5.46. The highest BCUT2D eigenvalue weighted by Crippen LogP contribution is 2.39. The predicted molar refractivity (Wildman–Crippen MR) is 124 cm³/mol. The highest BCUT2D eigenvalue weighted by atomic mass is 16.5. The second-order valence-electron chi connectivity index (χ2n) is 8.26. The molecule has 0 radical (unpaired) electrons. The molecule has 0 bridgehead atoms. The molecular weight excluding hydrogens is 416 g/mol. The van der Waals surface area contributed by atoms with Crippen molar-refractivity contribution in [1.29, 1.82) is 0 Å². The molecule has 1 saturated carbocycles. The summed E-state index contributed by atoms with van der Waals surface area (Å²) in [7, 11) is 0. The lowest BCUT2D eigenvalue weighted by molar-refractivity contribution is -0.115. The maximum absolute atomic E-state index is 12.8. The maximum Gasteiger partial charge on any atom is 0.260 e.